The number of rotatable bonds is 11. The van der Waals surface area contributed by atoms with E-state index in [1.165, 1.54) is 19.3 Å². The molecule has 1 aliphatic rings. The van der Waals surface area contributed by atoms with Crippen LogP contribution in [0.5, 0.6) is 0 Å². The molecule has 1 aliphatic carbocycles. The number of nitrogens with one attached hydrogen (secondary N) is 3. The van der Waals surface area contributed by atoms with Gasteiger partial charge in [0.25, 0.3) is 0 Å². The number of imidazole rings is 1. The van der Waals surface area contributed by atoms with Crippen molar-refractivity contribution in [3.63, 3.8) is 0 Å². The Bertz CT molecular complexity index is 1460. The molecule has 1 aromatic carbocycles. The molecule has 0 bridgehead atoms. The van der Waals surface area contributed by atoms with Gasteiger partial charge in [-0.3, -0.25) is 14.6 Å². The number of carbonyl (C=O) groups is 1. The summed E-state index contributed by atoms with van der Waals surface area (Å²) < 4.78 is 2.78. The first-order chi connectivity index (χ1) is 19.9. The van der Waals surface area contributed by atoms with Crippen molar-refractivity contribution in [2.24, 2.45) is 5.92 Å². The van der Waals surface area contributed by atoms with E-state index >= 15 is 0 Å². The second kappa shape index (κ2) is 13.6. The molecular weight excluding hydrogens is 563 g/mol. The van der Waals surface area contributed by atoms with Gasteiger partial charge in [0.1, 0.15) is 24.0 Å². The SMILES string of the molecule is O=C(NCc1ccc(Cl)cc1Cl)[C@@H](CC1CCCCC1)Nc1cc(-n2ccnc2)nc(NCc2ccc[n+](O)c2)n1. The van der Waals surface area contributed by atoms with E-state index in [0.717, 1.165) is 28.7 Å². The quantitative estimate of drug-likeness (QED) is 0.139. The Morgan fingerprint density at radius 1 is 1.12 bits per heavy atom. The lowest BCUT2D eigenvalue weighted by Crippen LogP contribution is -2.41. The molecule has 1 saturated carbocycles. The van der Waals surface area contributed by atoms with E-state index in [2.05, 4.69) is 30.9 Å². The molecule has 0 radical (unpaired) electrons. The Morgan fingerprint density at radius 2 is 1.98 bits per heavy atom. The van der Waals surface area contributed by atoms with E-state index in [1.807, 2.05) is 12.1 Å². The van der Waals surface area contributed by atoms with Gasteiger partial charge >= 0.3 is 0 Å². The molecule has 1 amide bonds. The molecule has 0 spiro atoms. The largest absolute Gasteiger partial charge is 0.358 e. The monoisotopic (exact) mass is 595 g/mol. The van der Waals surface area contributed by atoms with Gasteiger partial charge in [-0.15, -0.1) is 0 Å². The molecule has 3 heterocycles. The summed E-state index contributed by atoms with van der Waals surface area (Å²) in [6.07, 6.45) is 14.8. The molecule has 0 aliphatic heterocycles. The smallest absolute Gasteiger partial charge is 0.242 e. The van der Waals surface area contributed by atoms with Crippen LogP contribution in [0.4, 0.5) is 11.8 Å². The topological polar surface area (TPSA) is 121 Å². The maximum Gasteiger partial charge on any atom is 0.242 e. The Labute approximate surface area is 248 Å². The maximum atomic E-state index is 13.6. The van der Waals surface area contributed by atoms with Gasteiger partial charge in [-0.2, -0.15) is 9.97 Å². The number of nitrogens with zero attached hydrogens (tertiary/aromatic N) is 5. The fourth-order valence-corrected chi connectivity index (χ4v) is 5.52. The van der Waals surface area contributed by atoms with Gasteiger partial charge in [0.15, 0.2) is 0 Å². The maximum absolute atomic E-state index is 13.6. The van der Waals surface area contributed by atoms with Crippen LogP contribution in [-0.2, 0) is 17.9 Å². The van der Waals surface area contributed by atoms with Gasteiger partial charge < -0.3 is 16.0 Å². The number of amides is 1. The summed E-state index contributed by atoms with van der Waals surface area (Å²) >= 11 is 12.4. The molecule has 0 unspecified atom stereocenters. The second-order valence-electron chi connectivity index (χ2n) is 10.2. The number of hydrogen-bond acceptors (Lipinski definition) is 7. The molecular formula is C29H33Cl2N8O2+. The van der Waals surface area contributed by atoms with E-state index in [9.17, 15) is 10.0 Å². The zero-order chi connectivity index (χ0) is 28.6. The van der Waals surface area contributed by atoms with Crippen molar-refractivity contribution in [2.45, 2.75) is 57.7 Å². The molecule has 0 saturated heterocycles. The van der Waals surface area contributed by atoms with E-state index in [-0.39, 0.29) is 12.5 Å². The number of aromatic nitrogens is 5. The molecule has 5 rings (SSSR count). The minimum Gasteiger partial charge on any atom is -0.358 e. The molecule has 10 nitrogen and oxygen atoms in total. The van der Waals surface area contributed by atoms with Crippen LogP contribution in [0.1, 0.15) is 49.7 Å². The standard InChI is InChI=1S/C29H32Cl2N8O2/c30-23-9-8-22(24(31)14-23)17-33-28(40)25(13-20-5-2-1-3-6-20)35-26-15-27(38-12-10-32-19-38)37-29(36-26)34-16-21-7-4-11-39(41)18-21/h4,7-12,14-15,18-20,25H,1-3,5-6,13,16-17H2,(H3-,33,34,35,36,37,40,41)/p+1/t25-/m1/s1. The van der Waals surface area contributed by atoms with Crippen LogP contribution >= 0.6 is 23.2 Å². The van der Waals surface area contributed by atoms with Crippen LogP contribution in [-0.4, -0.2) is 36.7 Å². The molecule has 1 fully saturated rings. The first-order valence-corrected chi connectivity index (χ1v) is 14.5. The molecule has 4 aromatic rings. The summed E-state index contributed by atoms with van der Waals surface area (Å²) in [5, 5.41) is 20.5. The fraction of sp³-hybridized carbons (Fsp3) is 0.345. The third kappa shape index (κ3) is 8.08. The lowest BCUT2D eigenvalue weighted by molar-refractivity contribution is -0.905. The minimum atomic E-state index is -0.509. The minimum absolute atomic E-state index is 0.129. The highest BCUT2D eigenvalue weighted by molar-refractivity contribution is 6.35. The van der Waals surface area contributed by atoms with Gasteiger partial charge in [0.05, 0.1) is 0 Å². The number of pyridine rings is 1. The summed E-state index contributed by atoms with van der Waals surface area (Å²) in [5.41, 5.74) is 1.64. The van der Waals surface area contributed by atoms with Gasteiger partial charge in [0.2, 0.25) is 24.2 Å². The third-order valence-electron chi connectivity index (χ3n) is 7.18. The lowest BCUT2D eigenvalue weighted by Gasteiger charge is -2.27. The van der Waals surface area contributed by atoms with Gasteiger partial charge in [-0.05, 0) is 36.1 Å². The van der Waals surface area contributed by atoms with Gasteiger partial charge in [-0.25, -0.2) is 4.98 Å². The highest BCUT2D eigenvalue weighted by atomic mass is 35.5. The number of hydrogen-bond donors (Lipinski definition) is 4. The number of halogens is 2. The Hall–Kier alpha value is -3.89. The van der Waals surface area contributed by atoms with E-state index in [1.54, 1.807) is 59.9 Å². The zero-order valence-corrected chi connectivity index (χ0v) is 24.0. The van der Waals surface area contributed by atoms with Crippen molar-refractivity contribution < 1.29 is 14.7 Å². The predicted octanol–water partition coefficient (Wildman–Crippen LogP) is 5.17. The molecule has 12 heteroatoms. The average Bonchev–Trinajstić information content (AvgIpc) is 3.51. The highest BCUT2D eigenvalue weighted by Crippen LogP contribution is 2.29. The predicted molar refractivity (Wildman–Crippen MR) is 157 cm³/mol. The summed E-state index contributed by atoms with van der Waals surface area (Å²) in [6, 6.07) is 10.2. The normalized spacial score (nSPS) is 14.4. The Balaban J connectivity index is 1.37. The van der Waals surface area contributed by atoms with Gasteiger partial charge in [-0.1, -0.05) is 61.4 Å². The summed E-state index contributed by atoms with van der Waals surface area (Å²) in [4.78, 5) is 27.0. The fourth-order valence-electron chi connectivity index (χ4n) is 5.05. The van der Waals surface area contributed by atoms with E-state index in [0.29, 0.717) is 46.5 Å². The molecule has 214 valence electrons. The molecule has 41 heavy (non-hydrogen) atoms. The second-order valence-corrected chi connectivity index (χ2v) is 11.1. The summed E-state index contributed by atoms with van der Waals surface area (Å²) in [5.74, 6) is 1.80. The lowest BCUT2D eigenvalue weighted by atomic mass is 9.84. The van der Waals surface area contributed by atoms with Crippen LogP contribution in [0.25, 0.3) is 5.82 Å². The zero-order valence-electron chi connectivity index (χ0n) is 22.5. The Morgan fingerprint density at radius 3 is 2.73 bits per heavy atom. The highest BCUT2D eigenvalue weighted by Gasteiger charge is 2.25. The van der Waals surface area contributed by atoms with Crippen molar-refractivity contribution in [1.29, 1.82) is 0 Å². The molecule has 3 aromatic heterocycles. The van der Waals surface area contributed by atoms with Crippen LogP contribution in [0.3, 0.4) is 0 Å². The number of benzene rings is 1. The summed E-state index contributed by atoms with van der Waals surface area (Å²) in [6.45, 7) is 0.679. The molecule has 4 N–H and O–H groups in total. The van der Waals surface area contributed by atoms with Crippen LogP contribution < -0.4 is 20.7 Å². The number of anilines is 2. The van der Waals surface area contributed by atoms with Crippen molar-refractivity contribution in [3.8, 4) is 5.82 Å². The van der Waals surface area contributed by atoms with E-state index < -0.39 is 6.04 Å². The number of carbonyl (C=O) groups excluding carboxylic acids is 1. The van der Waals surface area contributed by atoms with Crippen molar-refractivity contribution in [2.75, 3.05) is 10.6 Å². The third-order valence-corrected chi connectivity index (χ3v) is 7.77. The van der Waals surface area contributed by atoms with Crippen molar-refractivity contribution in [1.82, 2.24) is 24.8 Å². The Kier molecular flexibility index (Phi) is 9.53. The summed E-state index contributed by atoms with van der Waals surface area (Å²) in [7, 11) is 0. The van der Waals surface area contributed by atoms with E-state index in [4.69, 9.17) is 23.2 Å². The van der Waals surface area contributed by atoms with Crippen LogP contribution in [0, 0.1) is 5.92 Å². The van der Waals surface area contributed by atoms with Crippen LogP contribution in [0.15, 0.2) is 67.5 Å². The first kappa shape index (κ1) is 28.6. The average molecular weight is 597 g/mol. The van der Waals surface area contributed by atoms with Gasteiger partial charge in [0, 0.05) is 58.0 Å². The van der Waals surface area contributed by atoms with Crippen LogP contribution in [0.2, 0.25) is 10.0 Å². The van der Waals surface area contributed by atoms with Crippen molar-refractivity contribution in [3.05, 3.63) is 88.7 Å². The van der Waals surface area contributed by atoms with Crippen molar-refractivity contribution >= 4 is 40.9 Å². The first-order valence-electron chi connectivity index (χ1n) is 13.7. The molecule has 1 atom stereocenters.